The summed E-state index contributed by atoms with van der Waals surface area (Å²) in [6.45, 7) is 4.95. The van der Waals surface area contributed by atoms with E-state index in [1.807, 2.05) is 6.07 Å². The summed E-state index contributed by atoms with van der Waals surface area (Å²) >= 11 is 0. The molecule has 1 aliphatic rings. The van der Waals surface area contributed by atoms with E-state index in [1.165, 1.54) is 12.8 Å². The molecule has 2 nitrogen and oxygen atoms in total. The fourth-order valence-electron chi connectivity index (χ4n) is 2.25. The highest BCUT2D eigenvalue weighted by Gasteiger charge is 2.23. The van der Waals surface area contributed by atoms with E-state index in [2.05, 4.69) is 24.2 Å². The van der Waals surface area contributed by atoms with Gasteiger partial charge in [-0.05, 0) is 55.5 Å². The van der Waals surface area contributed by atoms with Crippen LogP contribution in [-0.2, 0) is 6.54 Å². The first-order valence-electron chi connectivity index (χ1n) is 6.91. The zero-order chi connectivity index (χ0) is 13.0. The van der Waals surface area contributed by atoms with E-state index in [-0.39, 0.29) is 5.82 Å². The maximum atomic E-state index is 13.3. The molecule has 0 aromatic heterocycles. The molecular formula is C15H23FN2. The predicted octanol–water partition coefficient (Wildman–Crippen LogP) is 3.17. The van der Waals surface area contributed by atoms with Crippen molar-refractivity contribution in [2.45, 2.75) is 32.7 Å². The van der Waals surface area contributed by atoms with Gasteiger partial charge in [0, 0.05) is 25.8 Å². The first-order valence-corrected chi connectivity index (χ1v) is 6.91. The third-order valence-electron chi connectivity index (χ3n) is 3.42. The number of benzene rings is 1. The fraction of sp³-hybridized carbons (Fsp3) is 0.600. The Balaban J connectivity index is 2.05. The van der Waals surface area contributed by atoms with Crippen LogP contribution in [0.3, 0.4) is 0 Å². The van der Waals surface area contributed by atoms with Gasteiger partial charge in [-0.3, -0.25) is 0 Å². The van der Waals surface area contributed by atoms with Crippen LogP contribution >= 0.6 is 0 Å². The molecule has 0 atom stereocenters. The molecule has 18 heavy (non-hydrogen) atoms. The zero-order valence-electron chi connectivity index (χ0n) is 11.4. The number of halogens is 1. The molecule has 1 N–H and O–H groups in total. The van der Waals surface area contributed by atoms with Crippen LogP contribution in [0.25, 0.3) is 0 Å². The van der Waals surface area contributed by atoms with Gasteiger partial charge >= 0.3 is 0 Å². The number of hydrogen-bond acceptors (Lipinski definition) is 2. The Kier molecular flexibility index (Phi) is 4.59. The van der Waals surface area contributed by atoms with Gasteiger partial charge in [-0.15, -0.1) is 0 Å². The van der Waals surface area contributed by atoms with Gasteiger partial charge in [-0.25, -0.2) is 4.39 Å². The Morgan fingerprint density at radius 1 is 1.39 bits per heavy atom. The number of anilines is 1. The summed E-state index contributed by atoms with van der Waals surface area (Å²) in [6, 6.07) is 5.12. The van der Waals surface area contributed by atoms with Gasteiger partial charge < -0.3 is 10.2 Å². The third-order valence-corrected chi connectivity index (χ3v) is 3.42. The van der Waals surface area contributed by atoms with Crippen LogP contribution in [0.5, 0.6) is 0 Å². The molecule has 1 aromatic rings. The number of hydrogen-bond donors (Lipinski definition) is 1. The second kappa shape index (κ2) is 6.19. The largest absolute Gasteiger partial charge is 0.374 e. The van der Waals surface area contributed by atoms with Crippen molar-refractivity contribution >= 4 is 5.69 Å². The van der Waals surface area contributed by atoms with Crippen LogP contribution in [0.1, 0.15) is 31.7 Å². The lowest BCUT2D eigenvalue weighted by atomic mass is 10.1. The Morgan fingerprint density at radius 2 is 2.17 bits per heavy atom. The van der Waals surface area contributed by atoms with Crippen molar-refractivity contribution < 1.29 is 4.39 Å². The van der Waals surface area contributed by atoms with Gasteiger partial charge in [0.2, 0.25) is 0 Å². The minimum atomic E-state index is -0.146. The molecule has 0 radical (unpaired) electrons. The van der Waals surface area contributed by atoms with Crippen molar-refractivity contribution in [3.63, 3.8) is 0 Å². The standard InChI is InChI=1S/C15H23FN2/c1-3-8-17-10-13-9-14(16)6-7-15(13)18(2)11-12-4-5-12/h6-7,9,12,17H,3-5,8,10-11H2,1-2H3. The van der Waals surface area contributed by atoms with Gasteiger partial charge in [-0.2, -0.15) is 0 Å². The normalized spacial score (nSPS) is 14.8. The van der Waals surface area contributed by atoms with Crippen molar-refractivity contribution in [2.24, 2.45) is 5.92 Å². The molecule has 2 rings (SSSR count). The SMILES string of the molecule is CCCNCc1cc(F)ccc1N(C)CC1CC1. The Labute approximate surface area is 109 Å². The maximum Gasteiger partial charge on any atom is 0.123 e. The van der Waals surface area contributed by atoms with Crippen LogP contribution in [0.15, 0.2) is 18.2 Å². The Hall–Kier alpha value is -1.09. The van der Waals surface area contributed by atoms with Crippen molar-refractivity contribution in [3.05, 3.63) is 29.6 Å². The van der Waals surface area contributed by atoms with Crippen LogP contribution in [0.4, 0.5) is 10.1 Å². The first kappa shape index (κ1) is 13.3. The minimum absolute atomic E-state index is 0.146. The van der Waals surface area contributed by atoms with Crippen molar-refractivity contribution in [2.75, 3.05) is 25.0 Å². The van der Waals surface area contributed by atoms with E-state index in [0.717, 1.165) is 43.2 Å². The highest BCUT2D eigenvalue weighted by atomic mass is 19.1. The van der Waals surface area contributed by atoms with E-state index in [1.54, 1.807) is 12.1 Å². The molecule has 0 saturated heterocycles. The van der Waals surface area contributed by atoms with Gasteiger partial charge in [0.25, 0.3) is 0 Å². The smallest absolute Gasteiger partial charge is 0.123 e. The van der Waals surface area contributed by atoms with Crippen LogP contribution in [0.2, 0.25) is 0 Å². The summed E-state index contributed by atoms with van der Waals surface area (Å²) in [5.41, 5.74) is 2.22. The number of rotatable bonds is 7. The van der Waals surface area contributed by atoms with Crippen molar-refractivity contribution in [1.82, 2.24) is 5.32 Å². The van der Waals surface area contributed by atoms with E-state index < -0.39 is 0 Å². The average Bonchev–Trinajstić information content (AvgIpc) is 3.13. The molecule has 0 unspecified atom stereocenters. The van der Waals surface area contributed by atoms with Crippen molar-refractivity contribution in [1.29, 1.82) is 0 Å². The summed E-state index contributed by atoms with van der Waals surface area (Å²) in [4.78, 5) is 2.26. The summed E-state index contributed by atoms with van der Waals surface area (Å²) < 4.78 is 13.3. The number of nitrogens with zero attached hydrogens (tertiary/aromatic N) is 1. The molecule has 1 aromatic carbocycles. The molecule has 0 heterocycles. The highest BCUT2D eigenvalue weighted by molar-refractivity contribution is 5.53. The fourth-order valence-corrected chi connectivity index (χ4v) is 2.25. The zero-order valence-corrected chi connectivity index (χ0v) is 11.4. The van der Waals surface area contributed by atoms with E-state index in [4.69, 9.17) is 0 Å². The van der Waals surface area contributed by atoms with Crippen molar-refractivity contribution in [3.8, 4) is 0 Å². The second-order valence-electron chi connectivity index (χ2n) is 5.27. The van der Waals surface area contributed by atoms with Crippen LogP contribution in [-0.4, -0.2) is 20.1 Å². The van der Waals surface area contributed by atoms with Crippen LogP contribution < -0.4 is 10.2 Å². The monoisotopic (exact) mass is 250 g/mol. The Bertz CT molecular complexity index is 388. The highest BCUT2D eigenvalue weighted by Crippen LogP contribution is 2.31. The molecule has 100 valence electrons. The second-order valence-corrected chi connectivity index (χ2v) is 5.27. The lowest BCUT2D eigenvalue weighted by Crippen LogP contribution is -2.23. The molecule has 0 aliphatic heterocycles. The summed E-state index contributed by atoms with van der Waals surface area (Å²) in [5.74, 6) is 0.698. The quantitative estimate of drug-likeness (QED) is 0.748. The maximum absolute atomic E-state index is 13.3. The van der Waals surface area contributed by atoms with Gasteiger partial charge in [0.1, 0.15) is 5.82 Å². The molecule has 0 amide bonds. The molecular weight excluding hydrogens is 227 g/mol. The van der Waals surface area contributed by atoms with E-state index >= 15 is 0 Å². The minimum Gasteiger partial charge on any atom is -0.374 e. The predicted molar refractivity (Wildman–Crippen MR) is 74.4 cm³/mol. The summed E-state index contributed by atoms with van der Waals surface area (Å²) in [7, 11) is 2.11. The third kappa shape index (κ3) is 3.70. The summed E-state index contributed by atoms with van der Waals surface area (Å²) in [5, 5.41) is 3.35. The number of nitrogens with one attached hydrogen (secondary N) is 1. The lowest BCUT2D eigenvalue weighted by molar-refractivity contribution is 0.618. The van der Waals surface area contributed by atoms with E-state index in [9.17, 15) is 4.39 Å². The Morgan fingerprint density at radius 3 is 2.83 bits per heavy atom. The summed E-state index contributed by atoms with van der Waals surface area (Å²) in [6.07, 6.45) is 3.78. The molecule has 1 saturated carbocycles. The topological polar surface area (TPSA) is 15.3 Å². The average molecular weight is 250 g/mol. The van der Waals surface area contributed by atoms with Gasteiger partial charge in [0.05, 0.1) is 0 Å². The van der Waals surface area contributed by atoms with E-state index in [0.29, 0.717) is 0 Å². The van der Waals surface area contributed by atoms with Gasteiger partial charge in [-0.1, -0.05) is 6.92 Å². The van der Waals surface area contributed by atoms with Gasteiger partial charge in [0.15, 0.2) is 0 Å². The molecule has 1 fully saturated rings. The lowest BCUT2D eigenvalue weighted by Gasteiger charge is -2.22. The first-order chi connectivity index (χ1) is 8.70. The molecule has 0 spiro atoms. The molecule has 3 heteroatoms. The van der Waals surface area contributed by atoms with Crippen LogP contribution in [0, 0.1) is 11.7 Å². The molecule has 1 aliphatic carbocycles. The molecule has 0 bridgehead atoms.